The van der Waals surface area contributed by atoms with Crippen LogP contribution >= 0.6 is 11.8 Å². The van der Waals surface area contributed by atoms with Crippen LogP contribution in [0, 0.1) is 6.92 Å². The Labute approximate surface area is 190 Å². The van der Waals surface area contributed by atoms with Gasteiger partial charge in [-0.1, -0.05) is 41.6 Å². The van der Waals surface area contributed by atoms with Gasteiger partial charge < -0.3 is 14.5 Å². The van der Waals surface area contributed by atoms with Crippen LogP contribution in [0.4, 0.5) is 5.69 Å². The summed E-state index contributed by atoms with van der Waals surface area (Å²) in [5.41, 5.74) is 2.72. The highest BCUT2D eigenvalue weighted by Gasteiger charge is 2.23. The SMILES string of the molecule is COc1ccccc1-c1nnc(S[C@H](C)C(=O)Nc2ccc(C)cc2)n1Cc1ccco1. The first-order chi connectivity index (χ1) is 15.5. The molecule has 4 aromatic rings. The number of nitrogens with zero attached hydrogens (tertiary/aromatic N) is 3. The Hall–Kier alpha value is -3.52. The van der Waals surface area contributed by atoms with Gasteiger partial charge in [0.2, 0.25) is 5.91 Å². The van der Waals surface area contributed by atoms with Crippen LogP contribution in [0.15, 0.2) is 76.5 Å². The molecule has 32 heavy (non-hydrogen) atoms. The molecule has 2 heterocycles. The molecule has 7 nitrogen and oxygen atoms in total. The topological polar surface area (TPSA) is 82.2 Å². The van der Waals surface area contributed by atoms with E-state index >= 15 is 0 Å². The Kier molecular flexibility index (Phi) is 6.61. The predicted octanol–water partition coefficient (Wildman–Crippen LogP) is 5.02. The predicted molar refractivity (Wildman–Crippen MR) is 125 cm³/mol. The Bertz CT molecular complexity index is 1190. The van der Waals surface area contributed by atoms with Crippen molar-refractivity contribution in [2.75, 3.05) is 12.4 Å². The lowest BCUT2D eigenvalue weighted by Gasteiger charge is -2.14. The first kappa shape index (κ1) is 21.7. The van der Waals surface area contributed by atoms with Gasteiger partial charge >= 0.3 is 0 Å². The molecule has 0 unspecified atom stereocenters. The molecule has 0 spiro atoms. The number of thioether (sulfide) groups is 1. The fourth-order valence-corrected chi connectivity index (χ4v) is 4.05. The molecule has 0 fully saturated rings. The summed E-state index contributed by atoms with van der Waals surface area (Å²) in [6, 6.07) is 19.1. The number of aromatic nitrogens is 3. The highest BCUT2D eigenvalue weighted by molar-refractivity contribution is 8.00. The van der Waals surface area contributed by atoms with E-state index in [4.69, 9.17) is 9.15 Å². The minimum atomic E-state index is -0.388. The van der Waals surface area contributed by atoms with Crippen LogP contribution in [-0.2, 0) is 11.3 Å². The average molecular weight is 449 g/mol. The number of carbonyl (C=O) groups excluding carboxylic acids is 1. The molecule has 0 bridgehead atoms. The molecular weight excluding hydrogens is 424 g/mol. The Morgan fingerprint density at radius 3 is 2.62 bits per heavy atom. The number of amides is 1. The summed E-state index contributed by atoms with van der Waals surface area (Å²) in [6.45, 7) is 4.29. The number of para-hydroxylation sites is 1. The van der Waals surface area contributed by atoms with E-state index in [2.05, 4.69) is 15.5 Å². The molecule has 2 aromatic carbocycles. The summed E-state index contributed by atoms with van der Waals surface area (Å²) in [4.78, 5) is 12.8. The van der Waals surface area contributed by atoms with Gasteiger partial charge in [-0.05, 0) is 50.2 Å². The van der Waals surface area contributed by atoms with Gasteiger partial charge in [0, 0.05) is 5.69 Å². The lowest BCUT2D eigenvalue weighted by molar-refractivity contribution is -0.115. The number of aryl methyl sites for hydroxylation is 1. The second-order valence-electron chi connectivity index (χ2n) is 7.29. The third kappa shape index (κ3) is 4.86. The lowest BCUT2D eigenvalue weighted by atomic mass is 10.2. The Morgan fingerprint density at radius 2 is 1.91 bits per heavy atom. The van der Waals surface area contributed by atoms with Gasteiger partial charge in [0.05, 0.1) is 30.7 Å². The van der Waals surface area contributed by atoms with Gasteiger partial charge in [0.25, 0.3) is 0 Å². The number of nitrogens with one attached hydrogen (secondary N) is 1. The van der Waals surface area contributed by atoms with Crippen molar-refractivity contribution in [1.82, 2.24) is 14.8 Å². The minimum Gasteiger partial charge on any atom is -0.496 e. The van der Waals surface area contributed by atoms with E-state index in [1.165, 1.54) is 11.8 Å². The van der Waals surface area contributed by atoms with Crippen LogP contribution in [0.5, 0.6) is 5.75 Å². The fraction of sp³-hybridized carbons (Fsp3) is 0.208. The molecule has 0 aliphatic heterocycles. The van der Waals surface area contributed by atoms with E-state index in [9.17, 15) is 4.79 Å². The number of anilines is 1. The van der Waals surface area contributed by atoms with Gasteiger partial charge in [-0.2, -0.15) is 0 Å². The number of ether oxygens (including phenoxy) is 1. The number of rotatable bonds is 8. The zero-order chi connectivity index (χ0) is 22.5. The second-order valence-corrected chi connectivity index (χ2v) is 8.60. The third-order valence-electron chi connectivity index (χ3n) is 4.93. The monoisotopic (exact) mass is 448 g/mol. The van der Waals surface area contributed by atoms with Gasteiger partial charge in [-0.15, -0.1) is 10.2 Å². The highest BCUT2D eigenvalue weighted by atomic mass is 32.2. The molecule has 2 aromatic heterocycles. The summed E-state index contributed by atoms with van der Waals surface area (Å²) in [5, 5.41) is 12.0. The molecule has 0 radical (unpaired) electrons. The molecule has 1 atom stereocenters. The maximum Gasteiger partial charge on any atom is 0.237 e. The smallest absolute Gasteiger partial charge is 0.237 e. The highest BCUT2D eigenvalue weighted by Crippen LogP contribution is 2.33. The normalized spacial score (nSPS) is 11.8. The Balaban J connectivity index is 1.60. The van der Waals surface area contributed by atoms with Crippen molar-refractivity contribution in [3.8, 4) is 17.1 Å². The van der Waals surface area contributed by atoms with Gasteiger partial charge in [-0.25, -0.2) is 0 Å². The van der Waals surface area contributed by atoms with Crippen LogP contribution in [0.2, 0.25) is 0 Å². The van der Waals surface area contributed by atoms with Crippen molar-refractivity contribution in [3.63, 3.8) is 0 Å². The van der Waals surface area contributed by atoms with E-state index in [1.807, 2.05) is 79.1 Å². The van der Waals surface area contributed by atoms with Crippen molar-refractivity contribution in [2.45, 2.75) is 30.8 Å². The van der Waals surface area contributed by atoms with Crippen molar-refractivity contribution < 1.29 is 13.9 Å². The van der Waals surface area contributed by atoms with Gasteiger partial charge in [0.15, 0.2) is 11.0 Å². The summed E-state index contributed by atoms with van der Waals surface area (Å²) >= 11 is 1.35. The second kappa shape index (κ2) is 9.74. The van der Waals surface area contributed by atoms with Crippen molar-refractivity contribution in [2.24, 2.45) is 0 Å². The Morgan fingerprint density at radius 1 is 1.12 bits per heavy atom. The third-order valence-corrected chi connectivity index (χ3v) is 6.01. The van der Waals surface area contributed by atoms with Crippen LogP contribution in [0.1, 0.15) is 18.2 Å². The maximum absolute atomic E-state index is 12.8. The zero-order valence-corrected chi connectivity index (χ0v) is 18.9. The van der Waals surface area contributed by atoms with Crippen molar-refractivity contribution in [1.29, 1.82) is 0 Å². The van der Waals surface area contributed by atoms with Crippen LogP contribution in [-0.4, -0.2) is 33.0 Å². The molecule has 164 valence electrons. The van der Waals surface area contributed by atoms with E-state index in [1.54, 1.807) is 13.4 Å². The number of benzene rings is 2. The maximum atomic E-state index is 12.8. The number of carbonyl (C=O) groups is 1. The van der Waals surface area contributed by atoms with E-state index in [0.717, 1.165) is 22.6 Å². The lowest BCUT2D eigenvalue weighted by Crippen LogP contribution is -2.23. The van der Waals surface area contributed by atoms with Gasteiger partial charge in [0.1, 0.15) is 11.5 Å². The van der Waals surface area contributed by atoms with E-state index in [-0.39, 0.29) is 11.2 Å². The summed E-state index contributed by atoms with van der Waals surface area (Å²) < 4.78 is 13.0. The quantitative estimate of drug-likeness (QED) is 0.381. The largest absolute Gasteiger partial charge is 0.496 e. The number of furan rings is 1. The van der Waals surface area contributed by atoms with Crippen LogP contribution in [0.25, 0.3) is 11.4 Å². The molecule has 0 saturated heterocycles. The minimum absolute atomic E-state index is 0.106. The summed E-state index contributed by atoms with van der Waals surface area (Å²) in [6.07, 6.45) is 1.63. The zero-order valence-electron chi connectivity index (χ0n) is 18.1. The molecule has 1 N–H and O–H groups in total. The van der Waals surface area contributed by atoms with Crippen LogP contribution < -0.4 is 10.1 Å². The number of methoxy groups -OCH3 is 1. The standard InChI is InChI=1S/C24H24N4O3S/c1-16-10-12-18(13-11-16)25-23(29)17(2)32-24-27-26-22(20-8-4-5-9-21(20)30-3)28(24)15-19-7-6-14-31-19/h4-14,17H,15H2,1-3H3,(H,25,29)/t17-/m1/s1. The van der Waals surface area contributed by atoms with Crippen molar-refractivity contribution in [3.05, 3.63) is 78.3 Å². The average Bonchev–Trinajstić information content (AvgIpc) is 3.46. The molecular formula is C24H24N4O3S. The van der Waals surface area contributed by atoms with E-state index in [0.29, 0.717) is 23.3 Å². The first-order valence-corrected chi connectivity index (χ1v) is 11.1. The molecule has 4 rings (SSSR count). The molecule has 0 aliphatic carbocycles. The fourth-order valence-electron chi connectivity index (χ4n) is 3.20. The molecule has 8 heteroatoms. The molecule has 0 aliphatic rings. The summed E-state index contributed by atoms with van der Waals surface area (Å²) in [7, 11) is 1.62. The van der Waals surface area contributed by atoms with Crippen molar-refractivity contribution >= 4 is 23.4 Å². The number of hydrogen-bond donors (Lipinski definition) is 1. The first-order valence-electron chi connectivity index (χ1n) is 10.2. The molecule has 0 saturated carbocycles. The number of hydrogen-bond acceptors (Lipinski definition) is 6. The summed E-state index contributed by atoms with van der Waals surface area (Å²) in [5.74, 6) is 2.00. The molecule has 1 amide bonds. The van der Waals surface area contributed by atoms with E-state index < -0.39 is 0 Å². The van der Waals surface area contributed by atoms with Gasteiger partial charge in [-0.3, -0.25) is 9.36 Å². The van der Waals surface area contributed by atoms with Crippen LogP contribution in [0.3, 0.4) is 0 Å².